The predicted molar refractivity (Wildman–Crippen MR) is 47.6 cm³/mol. The van der Waals surface area contributed by atoms with Gasteiger partial charge in [-0.05, 0) is 6.42 Å². The fourth-order valence-electron chi connectivity index (χ4n) is 1.42. The zero-order chi connectivity index (χ0) is 10.8. The first-order chi connectivity index (χ1) is 6.42. The van der Waals surface area contributed by atoms with Gasteiger partial charge in [-0.25, -0.2) is 0 Å². The third-order valence-corrected chi connectivity index (χ3v) is 2.17. The molecule has 0 amide bonds. The number of halogens is 3. The SMILES string of the molecule is CCC1=CC(C)C(OC(F)(F)F)C=C1. The van der Waals surface area contributed by atoms with Crippen LogP contribution in [0.25, 0.3) is 0 Å². The lowest BCUT2D eigenvalue weighted by Crippen LogP contribution is -2.28. The fraction of sp³-hybridized carbons (Fsp3) is 0.600. The molecule has 1 aliphatic rings. The molecule has 1 rings (SSSR count). The molecule has 0 spiro atoms. The van der Waals surface area contributed by atoms with Crippen molar-refractivity contribution in [2.75, 3.05) is 0 Å². The van der Waals surface area contributed by atoms with Gasteiger partial charge >= 0.3 is 6.36 Å². The molecule has 0 radical (unpaired) electrons. The Morgan fingerprint density at radius 3 is 2.50 bits per heavy atom. The summed E-state index contributed by atoms with van der Waals surface area (Å²) in [6, 6.07) is 0. The quantitative estimate of drug-likeness (QED) is 0.672. The maximum atomic E-state index is 11.9. The second-order valence-electron chi connectivity index (χ2n) is 3.34. The number of alkyl halides is 3. The summed E-state index contributed by atoms with van der Waals surface area (Å²) in [6.07, 6.45) is 0.370. The smallest absolute Gasteiger partial charge is 0.284 e. The van der Waals surface area contributed by atoms with Crippen LogP contribution in [-0.2, 0) is 4.74 Å². The van der Waals surface area contributed by atoms with Crippen molar-refractivity contribution >= 4 is 0 Å². The molecule has 0 aromatic rings. The van der Waals surface area contributed by atoms with E-state index in [9.17, 15) is 13.2 Å². The Kier molecular flexibility index (Phi) is 3.37. The molecule has 0 aromatic carbocycles. The van der Waals surface area contributed by atoms with E-state index in [1.165, 1.54) is 6.08 Å². The Balaban J connectivity index is 2.61. The van der Waals surface area contributed by atoms with Gasteiger partial charge in [0.15, 0.2) is 0 Å². The highest BCUT2D eigenvalue weighted by molar-refractivity contribution is 5.25. The van der Waals surface area contributed by atoms with Crippen molar-refractivity contribution in [3.05, 3.63) is 23.8 Å². The average molecular weight is 206 g/mol. The van der Waals surface area contributed by atoms with E-state index in [4.69, 9.17) is 0 Å². The van der Waals surface area contributed by atoms with Crippen molar-refractivity contribution in [1.82, 2.24) is 0 Å². The lowest BCUT2D eigenvalue weighted by molar-refractivity contribution is -0.339. The minimum atomic E-state index is -4.55. The zero-order valence-corrected chi connectivity index (χ0v) is 8.14. The largest absolute Gasteiger partial charge is 0.523 e. The van der Waals surface area contributed by atoms with Crippen LogP contribution in [0.3, 0.4) is 0 Å². The molecule has 0 aromatic heterocycles. The third kappa shape index (κ3) is 3.18. The van der Waals surface area contributed by atoms with Crippen molar-refractivity contribution in [1.29, 1.82) is 0 Å². The highest BCUT2D eigenvalue weighted by Gasteiger charge is 2.34. The van der Waals surface area contributed by atoms with Crippen LogP contribution in [0, 0.1) is 5.92 Å². The van der Waals surface area contributed by atoms with Gasteiger partial charge < -0.3 is 0 Å². The van der Waals surface area contributed by atoms with Crippen LogP contribution >= 0.6 is 0 Å². The van der Waals surface area contributed by atoms with Gasteiger partial charge in [0.05, 0.1) is 6.10 Å². The first kappa shape index (κ1) is 11.3. The minimum Gasteiger partial charge on any atom is -0.284 e. The van der Waals surface area contributed by atoms with Gasteiger partial charge in [0.25, 0.3) is 0 Å². The maximum Gasteiger partial charge on any atom is 0.523 e. The molecule has 0 heterocycles. The van der Waals surface area contributed by atoms with Crippen LogP contribution in [0.15, 0.2) is 23.8 Å². The summed E-state index contributed by atoms with van der Waals surface area (Å²) in [5.74, 6) is -0.225. The van der Waals surface area contributed by atoms with Crippen LogP contribution < -0.4 is 0 Å². The summed E-state index contributed by atoms with van der Waals surface area (Å²) in [6.45, 7) is 3.68. The number of allylic oxidation sites excluding steroid dienone is 2. The standard InChI is InChI=1S/C10H13F3O/c1-3-8-4-5-9(7(2)6-8)14-10(11,12)13/h4-7,9H,3H2,1-2H3. The van der Waals surface area contributed by atoms with Crippen LogP contribution in [0.1, 0.15) is 20.3 Å². The van der Waals surface area contributed by atoms with Crippen molar-refractivity contribution in [3.8, 4) is 0 Å². The molecule has 4 heteroatoms. The topological polar surface area (TPSA) is 9.23 Å². The van der Waals surface area contributed by atoms with E-state index in [0.717, 1.165) is 12.0 Å². The Labute approximate surface area is 81.2 Å². The number of hydrogen-bond acceptors (Lipinski definition) is 1. The van der Waals surface area contributed by atoms with Gasteiger partial charge in [-0.2, -0.15) is 0 Å². The molecule has 80 valence electrons. The molecule has 0 bridgehead atoms. The molecule has 14 heavy (non-hydrogen) atoms. The summed E-state index contributed by atoms with van der Waals surface area (Å²) in [7, 11) is 0. The molecule has 0 aliphatic heterocycles. The summed E-state index contributed by atoms with van der Waals surface area (Å²) in [4.78, 5) is 0. The monoisotopic (exact) mass is 206 g/mol. The Hall–Kier alpha value is -0.770. The second kappa shape index (κ2) is 4.17. The first-order valence-corrected chi connectivity index (χ1v) is 4.56. The molecule has 1 aliphatic carbocycles. The predicted octanol–water partition coefficient (Wildman–Crippen LogP) is 3.43. The van der Waals surface area contributed by atoms with Crippen molar-refractivity contribution < 1.29 is 17.9 Å². The van der Waals surface area contributed by atoms with Crippen molar-refractivity contribution in [2.45, 2.75) is 32.7 Å². The highest BCUT2D eigenvalue weighted by atomic mass is 19.4. The maximum absolute atomic E-state index is 11.9. The average Bonchev–Trinajstić information content (AvgIpc) is 2.06. The number of rotatable bonds is 2. The number of ether oxygens (including phenoxy) is 1. The number of hydrogen-bond donors (Lipinski definition) is 0. The lowest BCUT2D eigenvalue weighted by atomic mass is 9.94. The van der Waals surface area contributed by atoms with Crippen LogP contribution in [0.4, 0.5) is 13.2 Å². The van der Waals surface area contributed by atoms with Gasteiger partial charge in [0, 0.05) is 5.92 Å². The van der Waals surface area contributed by atoms with Crippen LogP contribution in [0.5, 0.6) is 0 Å². The van der Waals surface area contributed by atoms with E-state index in [1.807, 2.05) is 13.0 Å². The third-order valence-electron chi connectivity index (χ3n) is 2.17. The second-order valence-corrected chi connectivity index (χ2v) is 3.34. The fourth-order valence-corrected chi connectivity index (χ4v) is 1.42. The highest BCUT2D eigenvalue weighted by Crippen LogP contribution is 2.27. The molecule has 2 atom stereocenters. The van der Waals surface area contributed by atoms with E-state index in [0.29, 0.717) is 0 Å². The van der Waals surface area contributed by atoms with Gasteiger partial charge in [-0.1, -0.05) is 37.6 Å². The minimum absolute atomic E-state index is 0.225. The normalized spacial score (nSPS) is 27.6. The molecule has 0 fully saturated rings. The van der Waals surface area contributed by atoms with Gasteiger partial charge in [-0.15, -0.1) is 13.2 Å². The van der Waals surface area contributed by atoms with Crippen molar-refractivity contribution in [2.24, 2.45) is 5.92 Å². The van der Waals surface area contributed by atoms with Crippen LogP contribution in [-0.4, -0.2) is 12.5 Å². The molecular weight excluding hydrogens is 193 g/mol. The summed E-state index contributed by atoms with van der Waals surface area (Å²) < 4.78 is 39.7. The molecule has 1 nitrogen and oxygen atoms in total. The van der Waals surface area contributed by atoms with E-state index >= 15 is 0 Å². The summed E-state index contributed by atoms with van der Waals surface area (Å²) >= 11 is 0. The van der Waals surface area contributed by atoms with E-state index in [-0.39, 0.29) is 5.92 Å². The summed E-state index contributed by atoms with van der Waals surface area (Å²) in [5.41, 5.74) is 1.06. The van der Waals surface area contributed by atoms with E-state index in [1.54, 1.807) is 13.0 Å². The summed E-state index contributed by atoms with van der Waals surface area (Å²) in [5, 5.41) is 0. The zero-order valence-electron chi connectivity index (χ0n) is 8.14. The Morgan fingerprint density at radius 1 is 1.43 bits per heavy atom. The first-order valence-electron chi connectivity index (χ1n) is 4.56. The van der Waals surface area contributed by atoms with E-state index < -0.39 is 12.5 Å². The van der Waals surface area contributed by atoms with Gasteiger partial charge in [0.1, 0.15) is 0 Å². The Morgan fingerprint density at radius 2 is 2.07 bits per heavy atom. The molecular formula is C10H13F3O. The molecule has 0 saturated heterocycles. The molecule has 2 unspecified atom stereocenters. The molecule has 0 saturated carbocycles. The van der Waals surface area contributed by atoms with Gasteiger partial charge in [-0.3, -0.25) is 4.74 Å². The van der Waals surface area contributed by atoms with E-state index in [2.05, 4.69) is 4.74 Å². The lowest BCUT2D eigenvalue weighted by Gasteiger charge is -2.23. The Bertz CT molecular complexity index is 253. The van der Waals surface area contributed by atoms with Crippen molar-refractivity contribution in [3.63, 3.8) is 0 Å². The molecule has 0 N–H and O–H groups in total. The van der Waals surface area contributed by atoms with Gasteiger partial charge in [0.2, 0.25) is 0 Å². The van der Waals surface area contributed by atoms with Crippen LogP contribution in [0.2, 0.25) is 0 Å².